The number of hydrogen-bond donors (Lipinski definition) is 1. The van der Waals surface area contributed by atoms with E-state index < -0.39 is 0 Å². The monoisotopic (exact) mass is 444 g/mol. The van der Waals surface area contributed by atoms with Crippen LogP contribution in [0.25, 0.3) is 0 Å². The normalized spacial score (nSPS) is 10.3. The first-order chi connectivity index (χ1) is 9.61. The second kappa shape index (κ2) is 7.17. The Labute approximate surface area is 140 Å². The summed E-state index contributed by atoms with van der Waals surface area (Å²) in [6, 6.07) is 9.62. The lowest BCUT2D eigenvalue weighted by Gasteiger charge is -2.09. The van der Waals surface area contributed by atoms with Crippen LogP contribution in [0.5, 0.6) is 0 Å². The fourth-order valence-corrected chi connectivity index (χ4v) is 2.82. The van der Waals surface area contributed by atoms with Gasteiger partial charge < -0.3 is 5.32 Å². The van der Waals surface area contributed by atoms with Crippen molar-refractivity contribution < 1.29 is 4.79 Å². The van der Waals surface area contributed by atoms with Crippen molar-refractivity contribution >= 4 is 44.4 Å². The summed E-state index contributed by atoms with van der Waals surface area (Å²) >= 11 is 5.55. The molecule has 1 N–H and O–H groups in total. The Morgan fingerprint density at radius 3 is 2.95 bits per heavy atom. The van der Waals surface area contributed by atoms with Crippen LogP contribution < -0.4 is 5.32 Å². The average Bonchev–Trinajstić information content (AvgIpc) is 2.47. The minimum atomic E-state index is -0.0802. The molecule has 104 valence electrons. The SMILES string of the molecule is CCc1cccnc1CNC(=O)c1cc(Br)ccc1I. The lowest BCUT2D eigenvalue weighted by Crippen LogP contribution is -2.24. The molecule has 0 radical (unpaired) electrons. The first-order valence-corrected chi connectivity index (χ1v) is 8.15. The Hall–Kier alpha value is -0.950. The molecule has 1 amide bonds. The van der Waals surface area contributed by atoms with Crippen molar-refractivity contribution in [2.45, 2.75) is 19.9 Å². The van der Waals surface area contributed by atoms with Crippen LogP contribution in [0.15, 0.2) is 41.0 Å². The van der Waals surface area contributed by atoms with Crippen molar-refractivity contribution in [3.63, 3.8) is 0 Å². The molecule has 0 aliphatic rings. The molecule has 20 heavy (non-hydrogen) atoms. The quantitative estimate of drug-likeness (QED) is 0.725. The first kappa shape index (κ1) is 15.4. The summed E-state index contributed by atoms with van der Waals surface area (Å²) in [5, 5.41) is 2.93. The number of hydrogen-bond acceptors (Lipinski definition) is 2. The highest BCUT2D eigenvalue weighted by molar-refractivity contribution is 14.1. The molecule has 0 fully saturated rings. The zero-order chi connectivity index (χ0) is 14.5. The number of carbonyl (C=O) groups is 1. The van der Waals surface area contributed by atoms with Crippen LogP contribution >= 0.6 is 38.5 Å². The molecule has 0 saturated heterocycles. The van der Waals surface area contributed by atoms with E-state index in [1.54, 1.807) is 6.20 Å². The Bertz CT molecular complexity index is 631. The summed E-state index contributed by atoms with van der Waals surface area (Å²) in [6.45, 7) is 2.53. The third-order valence-corrected chi connectivity index (χ3v) is 4.39. The van der Waals surface area contributed by atoms with Gasteiger partial charge in [-0.2, -0.15) is 0 Å². The Balaban J connectivity index is 2.11. The standard InChI is InChI=1S/C15H14BrIN2O/c1-2-10-4-3-7-18-14(10)9-19-15(20)12-8-11(16)5-6-13(12)17/h3-8H,2,9H2,1H3,(H,19,20). The van der Waals surface area contributed by atoms with Gasteiger partial charge in [0.2, 0.25) is 0 Å². The van der Waals surface area contributed by atoms with E-state index in [9.17, 15) is 4.79 Å². The lowest BCUT2D eigenvalue weighted by atomic mass is 10.1. The van der Waals surface area contributed by atoms with Crippen LogP contribution in [0.1, 0.15) is 28.5 Å². The molecule has 0 atom stereocenters. The van der Waals surface area contributed by atoms with Gasteiger partial charge in [-0.25, -0.2) is 0 Å². The third-order valence-electron chi connectivity index (χ3n) is 2.95. The van der Waals surface area contributed by atoms with Crippen molar-refractivity contribution in [2.24, 2.45) is 0 Å². The van der Waals surface area contributed by atoms with E-state index in [1.807, 2.05) is 30.3 Å². The number of amides is 1. The maximum atomic E-state index is 12.2. The van der Waals surface area contributed by atoms with E-state index in [2.05, 4.69) is 55.7 Å². The van der Waals surface area contributed by atoms with Crippen molar-refractivity contribution in [3.05, 3.63) is 61.4 Å². The largest absolute Gasteiger partial charge is 0.346 e. The van der Waals surface area contributed by atoms with Gasteiger partial charge >= 0.3 is 0 Å². The van der Waals surface area contributed by atoms with E-state index in [1.165, 1.54) is 0 Å². The molecule has 0 spiro atoms. The van der Waals surface area contributed by atoms with E-state index in [0.717, 1.165) is 25.7 Å². The van der Waals surface area contributed by atoms with Crippen molar-refractivity contribution in [1.82, 2.24) is 10.3 Å². The molecule has 2 rings (SSSR count). The number of aryl methyl sites for hydroxylation is 1. The summed E-state index contributed by atoms with van der Waals surface area (Å²) in [7, 11) is 0. The molecule has 0 aliphatic heterocycles. The Kier molecular flexibility index (Phi) is 5.54. The predicted octanol–water partition coefficient (Wildman–Crippen LogP) is 3.94. The number of rotatable bonds is 4. The summed E-state index contributed by atoms with van der Waals surface area (Å²) in [5.41, 5.74) is 2.76. The first-order valence-electron chi connectivity index (χ1n) is 6.28. The smallest absolute Gasteiger partial charge is 0.252 e. The molecule has 3 nitrogen and oxygen atoms in total. The van der Waals surface area contributed by atoms with Crippen LogP contribution in [-0.2, 0) is 13.0 Å². The van der Waals surface area contributed by atoms with Gasteiger partial charge in [-0.05, 0) is 58.8 Å². The van der Waals surface area contributed by atoms with Crippen LogP contribution in [0, 0.1) is 3.57 Å². The minimum absolute atomic E-state index is 0.0802. The molecule has 0 bridgehead atoms. The molecule has 5 heteroatoms. The highest BCUT2D eigenvalue weighted by Crippen LogP contribution is 2.18. The molecule has 0 saturated carbocycles. The topological polar surface area (TPSA) is 42.0 Å². The van der Waals surface area contributed by atoms with E-state index in [0.29, 0.717) is 12.1 Å². The number of benzene rings is 1. The zero-order valence-corrected chi connectivity index (χ0v) is 14.7. The fourth-order valence-electron chi connectivity index (χ4n) is 1.88. The lowest BCUT2D eigenvalue weighted by molar-refractivity contribution is 0.0949. The van der Waals surface area contributed by atoms with Gasteiger partial charge in [0.15, 0.2) is 0 Å². The van der Waals surface area contributed by atoms with Gasteiger partial charge in [-0.15, -0.1) is 0 Å². The van der Waals surface area contributed by atoms with Gasteiger partial charge in [0, 0.05) is 14.2 Å². The van der Waals surface area contributed by atoms with Crippen LogP contribution in [0.3, 0.4) is 0 Å². The fraction of sp³-hybridized carbons (Fsp3) is 0.200. The molecular weight excluding hydrogens is 431 g/mol. The van der Waals surface area contributed by atoms with Gasteiger partial charge in [-0.1, -0.05) is 28.9 Å². The number of nitrogens with zero attached hydrogens (tertiary/aromatic N) is 1. The highest BCUT2D eigenvalue weighted by atomic mass is 127. The summed E-state index contributed by atoms with van der Waals surface area (Å²) in [4.78, 5) is 16.6. The maximum absolute atomic E-state index is 12.2. The van der Waals surface area contributed by atoms with Crippen LogP contribution in [0.4, 0.5) is 0 Å². The van der Waals surface area contributed by atoms with Crippen molar-refractivity contribution in [2.75, 3.05) is 0 Å². The van der Waals surface area contributed by atoms with E-state index >= 15 is 0 Å². The van der Waals surface area contributed by atoms with Crippen molar-refractivity contribution in [3.8, 4) is 0 Å². The van der Waals surface area contributed by atoms with Gasteiger partial charge in [0.05, 0.1) is 17.8 Å². The van der Waals surface area contributed by atoms with Crippen LogP contribution in [-0.4, -0.2) is 10.9 Å². The summed E-state index contributed by atoms with van der Waals surface area (Å²) in [6.07, 6.45) is 2.66. The predicted molar refractivity (Wildman–Crippen MR) is 91.6 cm³/mol. The molecule has 2 aromatic rings. The molecular formula is C15H14BrIN2O. The van der Waals surface area contributed by atoms with E-state index in [4.69, 9.17) is 0 Å². The Morgan fingerprint density at radius 2 is 2.20 bits per heavy atom. The maximum Gasteiger partial charge on any atom is 0.252 e. The van der Waals surface area contributed by atoms with E-state index in [-0.39, 0.29) is 5.91 Å². The minimum Gasteiger partial charge on any atom is -0.346 e. The van der Waals surface area contributed by atoms with Crippen LogP contribution in [0.2, 0.25) is 0 Å². The van der Waals surface area contributed by atoms with Gasteiger partial charge in [0.25, 0.3) is 5.91 Å². The number of pyridine rings is 1. The summed E-state index contributed by atoms with van der Waals surface area (Å²) in [5.74, 6) is -0.0802. The van der Waals surface area contributed by atoms with Gasteiger partial charge in [0.1, 0.15) is 0 Å². The second-order valence-electron chi connectivity index (χ2n) is 4.27. The molecule has 1 heterocycles. The summed E-state index contributed by atoms with van der Waals surface area (Å²) < 4.78 is 1.83. The average molecular weight is 445 g/mol. The number of halogens is 2. The number of aromatic nitrogens is 1. The second-order valence-corrected chi connectivity index (χ2v) is 6.35. The highest BCUT2D eigenvalue weighted by Gasteiger charge is 2.11. The Morgan fingerprint density at radius 1 is 1.40 bits per heavy atom. The molecule has 1 aromatic carbocycles. The molecule has 0 aliphatic carbocycles. The number of nitrogens with one attached hydrogen (secondary N) is 1. The zero-order valence-electron chi connectivity index (χ0n) is 11.0. The molecule has 1 aromatic heterocycles. The van der Waals surface area contributed by atoms with Gasteiger partial charge in [-0.3, -0.25) is 9.78 Å². The molecule has 0 unspecified atom stereocenters. The third kappa shape index (κ3) is 3.79. The number of carbonyl (C=O) groups excluding carboxylic acids is 1. The van der Waals surface area contributed by atoms with Crippen molar-refractivity contribution in [1.29, 1.82) is 0 Å².